The number of aromatic nitrogens is 1. The first-order valence-corrected chi connectivity index (χ1v) is 11.0. The van der Waals surface area contributed by atoms with Crippen molar-refractivity contribution in [3.63, 3.8) is 0 Å². The SMILES string of the molecule is COc1ccccc1NC(=O)N(Cc1cc2cc(OC)c(OC)cc2[nH]c1=O)C1CCCC1. The Kier molecular flexibility index (Phi) is 6.72. The lowest BCUT2D eigenvalue weighted by atomic mass is 10.1. The predicted molar refractivity (Wildman–Crippen MR) is 127 cm³/mol. The molecular formula is C25H29N3O5. The summed E-state index contributed by atoms with van der Waals surface area (Å²) in [5.74, 6) is 1.70. The van der Waals surface area contributed by atoms with Gasteiger partial charge in [0.15, 0.2) is 11.5 Å². The first-order valence-electron chi connectivity index (χ1n) is 11.0. The van der Waals surface area contributed by atoms with Crippen LogP contribution in [0, 0.1) is 0 Å². The number of benzene rings is 2. The molecule has 2 aromatic carbocycles. The molecule has 174 valence electrons. The van der Waals surface area contributed by atoms with E-state index in [9.17, 15) is 9.59 Å². The summed E-state index contributed by atoms with van der Waals surface area (Å²) >= 11 is 0. The number of nitrogens with one attached hydrogen (secondary N) is 2. The van der Waals surface area contributed by atoms with Crippen molar-refractivity contribution in [1.82, 2.24) is 9.88 Å². The van der Waals surface area contributed by atoms with Crippen LogP contribution >= 0.6 is 0 Å². The van der Waals surface area contributed by atoms with E-state index < -0.39 is 0 Å². The van der Waals surface area contributed by atoms with Crippen molar-refractivity contribution < 1.29 is 19.0 Å². The molecule has 0 aliphatic heterocycles. The lowest BCUT2D eigenvalue weighted by molar-refractivity contribution is 0.184. The zero-order valence-corrected chi connectivity index (χ0v) is 19.1. The van der Waals surface area contributed by atoms with Crippen molar-refractivity contribution in [1.29, 1.82) is 0 Å². The number of hydrogen-bond acceptors (Lipinski definition) is 5. The van der Waals surface area contributed by atoms with E-state index in [1.807, 2.05) is 24.3 Å². The Hall–Kier alpha value is -3.68. The third kappa shape index (κ3) is 4.74. The van der Waals surface area contributed by atoms with E-state index in [1.165, 1.54) is 0 Å². The summed E-state index contributed by atoms with van der Waals surface area (Å²) in [6.45, 7) is 0.200. The van der Waals surface area contributed by atoms with E-state index in [-0.39, 0.29) is 24.2 Å². The summed E-state index contributed by atoms with van der Waals surface area (Å²) in [7, 11) is 4.69. The number of para-hydroxylation sites is 2. The van der Waals surface area contributed by atoms with Gasteiger partial charge in [0.05, 0.1) is 39.1 Å². The number of aromatic amines is 1. The van der Waals surface area contributed by atoms with E-state index in [0.717, 1.165) is 31.1 Å². The molecule has 0 unspecified atom stereocenters. The van der Waals surface area contributed by atoms with Gasteiger partial charge in [0.25, 0.3) is 5.56 Å². The van der Waals surface area contributed by atoms with Crippen molar-refractivity contribution in [2.75, 3.05) is 26.6 Å². The van der Waals surface area contributed by atoms with Gasteiger partial charge in [-0.1, -0.05) is 25.0 Å². The van der Waals surface area contributed by atoms with E-state index in [4.69, 9.17) is 14.2 Å². The highest BCUT2D eigenvalue weighted by molar-refractivity contribution is 5.91. The Balaban J connectivity index is 1.66. The van der Waals surface area contributed by atoms with Crippen molar-refractivity contribution in [2.24, 2.45) is 0 Å². The number of urea groups is 1. The number of nitrogens with zero attached hydrogens (tertiary/aromatic N) is 1. The number of hydrogen-bond donors (Lipinski definition) is 2. The van der Waals surface area contributed by atoms with Crippen LogP contribution in [0.15, 0.2) is 47.3 Å². The molecule has 0 spiro atoms. The van der Waals surface area contributed by atoms with Gasteiger partial charge in [0.2, 0.25) is 0 Å². The van der Waals surface area contributed by atoms with Gasteiger partial charge in [-0.05, 0) is 37.1 Å². The zero-order chi connectivity index (χ0) is 23.4. The second kappa shape index (κ2) is 9.85. The minimum atomic E-state index is -0.252. The zero-order valence-electron chi connectivity index (χ0n) is 19.1. The Morgan fingerprint density at radius 3 is 2.36 bits per heavy atom. The van der Waals surface area contributed by atoms with Crippen LogP contribution in [0.5, 0.6) is 17.2 Å². The van der Waals surface area contributed by atoms with Crippen molar-refractivity contribution in [2.45, 2.75) is 38.3 Å². The number of rotatable bonds is 7. The maximum atomic E-state index is 13.3. The smallest absolute Gasteiger partial charge is 0.322 e. The molecule has 2 amide bonds. The van der Waals surface area contributed by atoms with Crippen LogP contribution in [0.4, 0.5) is 10.5 Å². The molecule has 0 bridgehead atoms. The van der Waals surface area contributed by atoms with Crippen LogP contribution in [0.25, 0.3) is 10.9 Å². The largest absolute Gasteiger partial charge is 0.495 e. The lowest BCUT2D eigenvalue weighted by Crippen LogP contribution is -2.42. The van der Waals surface area contributed by atoms with Crippen molar-refractivity contribution in [3.05, 3.63) is 58.4 Å². The molecule has 4 rings (SSSR count). The third-order valence-electron chi connectivity index (χ3n) is 6.14. The normalized spacial score (nSPS) is 13.7. The molecule has 2 N–H and O–H groups in total. The average Bonchev–Trinajstić information content (AvgIpc) is 3.36. The van der Waals surface area contributed by atoms with Crippen LogP contribution in [0.2, 0.25) is 0 Å². The summed E-state index contributed by atoms with van der Waals surface area (Å²) in [5, 5.41) is 3.77. The van der Waals surface area contributed by atoms with E-state index in [0.29, 0.717) is 34.0 Å². The molecule has 1 aliphatic rings. The minimum absolute atomic E-state index is 0.0696. The molecule has 1 saturated carbocycles. The summed E-state index contributed by atoms with van der Waals surface area (Å²) < 4.78 is 16.1. The standard InChI is InChI=1S/C25H29N3O5/c1-31-21-11-7-6-10-19(21)27-25(30)28(18-8-4-5-9-18)15-17-12-16-13-22(32-2)23(33-3)14-20(16)26-24(17)29/h6-7,10-14,18H,4-5,8-9,15H2,1-3H3,(H,26,29)(H,27,30). The molecular weight excluding hydrogens is 422 g/mol. The number of anilines is 1. The van der Waals surface area contributed by atoms with Gasteiger partial charge < -0.3 is 29.4 Å². The fourth-order valence-electron chi connectivity index (χ4n) is 4.40. The van der Waals surface area contributed by atoms with E-state index in [1.54, 1.807) is 44.4 Å². The fraction of sp³-hybridized carbons (Fsp3) is 0.360. The van der Waals surface area contributed by atoms with Crippen LogP contribution in [-0.4, -0.2) is 43.3 Å². The van der Waals surface area contributed by atoms with Crippen LogP contribution in [0.3, 0.4) is 0 Å². The summed E-state index contributed by atoms with van der Waals surface area (Å²) in [4.78, 5) is 30.9. The number of methoxy groups -OCH3 is 3. The second-order valence-corrected chi connectivity index (χ2v) is 8.11. The Morgan fingerprint density at radius 1 is 1.00 bits per heavy atom. The maximum absolute atomic E-state index is 13.3. The van der Waals surface area contributed by atoms with Gasteiger partial charge in [-0.15, -0.1) is 0 Å². The topological polar surface area (TPSA) is 92.9 Å². The van der Waals surface area contributed by atoms with E-state index in [2.05, 4.69) is 10.3 Å². The minimum Gasteiger partial charge on any atom is -0.495 e. The van der Waals surface area contributed by atoms with E-state index >= 15 is 0 Å². The number of H-pyrrole nitrogens is 1. The molecule has 1 fully saturated rings. The predicted octanol–water partition coefficient (Wildman–Crippen LogP) is 4.53. The van der Waals surface area contributed by atoms with Crippen LogP contribution in [0.1, 0.15) is 31.2 Å². The van der Waals surface area contributed by atoms with Crippen molar-refractivity contribution >= 4 is 22.6 Å². The molecule has 8 heteroatoms. The second-order valence-electron chi connectivity index (χ2n) is 8.11. The maximum Gasteiger partial charge on any atom is 0.322 e. The van der Waals surface area contributed by atoms with Gasteiger partial charge in [-0.2, -0.15) is 0 Å². The molecule has 33 heavy (non-hydrogen) atoms. The van der Waals surface area contributed by atoms with Crippen molar-refractivity contribution in [3.8, 4) is 17.2 Å². The first-order chi connectivity index (χ1) is 16.0. The highest BCUT2D eigenvalue weighted by Crippen LogP contribution is 2.32. The number of carbonyl (C=O) groups excluding carboxylic acids is 1. The number of amides is 2. The fourth-order valence-corrected chi connectivity index (χ4v) is 4.40. The van der Waals surface area contributed by atoms with Gasteiger partial charge in [-0.25, -0.2) is 4.79 Å². The highest BCUT2D eigenvalue weighted by atomic mass is 16.5. The Labute approximate surface area is 192 Å². The molecule has 0 saturated heterocycles. The monoisotopic (exact) mass is 451 g/mol. The average molecular weight is 452 g/mol. The lowest BCUT2D eigenvalue weighted by Gasteiger charge is -2.29. The number of ether oxygens (including phenoxy) is 3. The van der Waals surface area contributed by atoms with Gasteiger partial charge in [0.1, 0.15) is 5.75 Å². The van der Waals surface area contributed by atoms with Gasteiger partial charge in [0, 0.05) is 23.1 Å². The number of carbonyl (C=O) groups is 1. The molecule has 8 nitrogen and oxygen atoms in total. The summed E-state index contributed by atoms with van der Waals surface area (Å²) in [6.07, 6.45) is 3.95. The summed E-state index contributed by atoms with van der Waals surface area (Å²) in [5.41, 5.74) is 1.52. The van der Waals surface area contributed by atoms with Gasteiger partial charge in [-0.3, -0.25) is 4.79 Å². The third-order valence-corrected chi connectivity index (χ3v) is 6.14. The Bertz CT molecular complexity index is 1200. The molecule has 0 radical (unpaired) electrons. The number of pyridine rings is 1. The number of fused-ring (bicyclic) bond motifs is 1. The molecule has 3 aromatic rings. The van der Waals surface area contributed by atoms with Crippen LogP contribution in [-0.2, 0) is 6.54 Å². The Morgan fingerprint density at radius 2 is 1.67 bits per heavy atom. The summed E-state index contributed by atoms with van der Waals surface area (Å²) in [6, 6.07) is 12.5. The molecule has 1 heterocycles. The van der Waals surface area contributed by atoms with Gasteiger partial charge >= 0.3 is 6.03 Å². The molecule has 0 atom stereocenters. The molecule has 1 aliphatic carbocycles. The quantitative estimate of drug-likeness (QED) is 0.551. The highest BCUT2D eigenvalue weighted by Gasteiger charge is 2.28. The van der Waals surface area contributed by atoms with Crippen LogP contribution < -0.4 is 25.1 Å². The first kappa shape index (κ1) is 22.5. The molecule has 1 aromatic heterocycles.